The van der Waals surface area contributed by atoms with Gasteiger partial charge in [-0.15, -0.1) is 11.3 Å². The maximum atomic E-state index is 6.47. The van der Waals surface area contributed by atoms with Crippen molar-refractivity contribution in [3.8, 4) is 0 Å². The zero-order valence-corrected chi connectivity index (χ0v) is 10.8. The summed E-state index contributed by atoms with van der Waals surface area (Å²) in [5, 5.41) is 0. The minimum absolute atomic E-state index is 0.0354. The fourth-order valence-corrected chi connectivity index (χ4v) is 3.37. The highest BCUT2D eigenvalue weighted by Crippen LogP contribution is 2.27. The molecule has 1 unspecified atom stereocenters. The summed E-state index contributed by atoms with van der Waals surface area (Å²) >= 11 is 1.91. The molecule has 1 aliphatic heterocycles. The maximum absolute atomic E-state index is 6.47. The van der Waals surface area contributed by atoms with Gasteiger partial charge in [-0.1, -0.05) is 6.92 Å². The van der Waals surface area contributed by atoms with Crippen molar-refractivity contribution in [2.24, 2.45) is 5.73 Å². The van der Waals surface area contributed by atoms with E-state index in [9.17, 15) is 0 Å². The number of nitrogens with two attached hydrogens (primary N) is 1. The van der Waals surface area contributed by atoms with Crippen LogP contribution < -0.4 is 5.73 Å². The predicted molar refractivity (Wildman–Crippen MR) is 69.0 cm³/mol. The number of thiophene rings is 1. The van der Waals surface area contributed by atoms with Gasteiger partial charge in [-0.2, -0.15) is 0 Å². The normalized spacial score (nSPS) is 26.6. The fourth-order valence-electron chi connectivity index (χ4n) is 2.26. The fraction of sp³-hybridized carbons (Fsp3) is 0.692. The Balaban J connectivity index is 2.00. The summed E-state index contributed by atoms with van der Waals surface area (Å²) in [6.45, 7) is 3.90. The second-order valence-corrected chi connectivity index (χ2v) is 5.98. The molecule has 1 aromatic heterocycles. The monoisotopic (exact) mass is 239 g/mol. The SMILES string of the molecule is CCc1ccc(CC2(N)CCCOCC2)s1. The van der Waals surface area contributed by atoms with Gasteiger partial charge in [0.2, 0.25) is 0 Å². The van der Waals surface area contributed by atoms with Crippen LogP contribution in [-0.4, -0.2) is 18.8 Å². The molecule has 2 N–H and O–H groups in total. The number of hydrogen-bond acceptors (Lipinski definition) is 3. The van der Waals surface area contributed by atoms with Gasteiger partial charge in [0.05, 0.1) is 0 Å². The molecule has 0 amide bonds. The molecule has 16 heavy (non-hydrogen) atoms. The van der Waals surface area contributed by atoms with E-state index in [-0.39, 0.29) is 5.54 Å². The minimum Gasteiger partial charge on any atom is -0.381 e. The van der Waals surface area contributed by atoms with Gasteiger partial charge in [0.25, 0.3) is 0 Å². The largest absolute Gasteiger partial charge is 0.381 e. The van der Waals surface area contributed by atoms with E-state index in [2.05, 4.69) is 19.1 Å². The molecule has 90 valence electrons. The Morgan fingerprint density at radius 3 is 2.88 bits per heavy atom. The molecule has 1 aliphatic rings. The van der Waals surface area contributed by atoms with Gasteiger partial charge in [-0.05, 0) is 44.2 Å². The van der Waals surface area contributed by atoms with Crippen molar-refractivity contribution in [1.29, 1.82) is 0 Å². The van der Waals surface area contributed by atoms with Crippen molar-refractivity contribution < 1.29 is 4.74 Å². The lowest BCUT2D eigenvalue weighted by atomic mass is 9.88. The molecule has 0 radical (unpaired) electrons. The van der Waals surface area contributed by atoms with Gasteiger partial charge in [-0.25, -0.2) is 0 Å². The first kappa shape index (κ1) is 12.1. The van der Waals surface area contributed by atoms with Crippen molar-refractivity contribution in [2.45, 2.75) is 44.6 Å². The summed E-state index contributed by atoms with van der Waals surface area (Å²) in [6.07, 6.45) is 5.33. The highest BCUT2D eigenvalue weighted by molar-refractivity contribution is 7.12. The summed E-state index contributed by atoms with van der Waals surface area (Å²) in [7, 11) is 0. The molecule has 1 aromatic rings. The molecule has 1 saturated heterocycles. The van der Waals surface area contributed by atoms with E-state index < -0.39 is 0 Å². The molecule has 1 fully saturated rings. The lowest BCUT2D eigenvalue weighted by Crippen LogP contribution is -2.42. The minimum atomic E-state index is -0.0354. The average molecular weight is 239 g/mol. The lowest BCUT2D eigenvalue weighted by Gasteiger charge is -2.26. The van der Waals surface area contributed by atoms with Crippen LogP contribution in [0.1, 0.15) is 35.9 Å². The zero-order valence-electron chi connectivity index (χ0n) is 10.00. The topological polar surface area (TPSA) is 35.2 Å². The van der Waals surface area contributed by atoms with Gasteiger partial charge >= 0.3 is 0 Å². The zero-order chi connectivity index (χ0) is 11.4. The molecule has 2 heterocycles. The molecule has 0 bridgehead atoms. The van der Waals surface area contributed by atoms with Crippen LogP contribution in [-0.2, 0) is 17.6 Å². The highest BCUT2D eigenvalue weighted by atomic mass is 32.1. The number of aryl methyl sites for hydroxylation is 1. The van der Waals surface area contributed by atoms with Crippen molar-refractivity contribution in [3.63, 3.8) is 0 Å². The molecule has 2 rings (SSSR count). The smallest absolute Gasteiger partial charge is 0.0483 e. The van der Waals surface area contributed by atoms with Crippen LogP contribution >= 0.6 is 11.3 Å². The van der Waals surface area contributed by atoms with Crippen LogP contribution in [0.5, 0.6) is 0 Å². The van der Waals surface area contributed by atoms with Crippen molar-refractivity contribution in [3.05, 3.63) is 21.9 Å². The van der Waals surface area contributed by atoms with Crippen LogP contribution in [0.4, 0.5) is 0 Å². The third-order valence-electron chi connectivity index (χ3n) is 3.30. The third kappa shape index (κ3) is 3.06. The van der Waals surface area contributed by atoms with Crippen molar-refractivity contribution in [2.75, 3.05) is 13.2 Å². The second kappa shape index (κ2) is 5.30. The summed E-state index contributed by atoms with van der Waals surface area (Å²) in [4.78, 5) is 2.89. The molecule has 0 spiro atoms. The first-order valence-electron chi connectivity index (χ1n) is 6.16. The average Bonchev–Trinajstić information content (AvgIpc) is 2.60. The van der Waals surface area contributed by atoms with E-state index in [1.807, 2.05) is 11.3 Å². The van der Waals surface area contributed by atoms with Gasteiger partial charge in [0.15, 0.2) is 0 Å². The van der Waals surface area contributed by atoms with Gasteiger partial charge in [0, 0.05) is 28.5 Å². The number of rotatable bonds is 3. The molecule has 2 nitrogen and oxygen atoms in total. The van der Waals surface area contributed by atoms with Crippen LogP contribution in [0.2, 0.25) is 0 Å². The predicted octanol–water partition coefficient (Wildman–Crippen LogP) is 2.75. The Kier molecular flexibility index (Phi) is 4.00. The van der Waals surface area contributed by atoms with Gasteiger partial charge in [0.1, 0.15) is 0 Å². The summed E-state index contributed by atoms with van der Waals surface area (Å²) in [5.74, 6) is 0. The van der Waals surface area contributed by atoms with E-state index in [1.54, 1.807) is 0 Å². The quantitative estimate of drug-likeness (QED) is 0.880. The Hall–Kier alpha value is -0.380. The lowest BCUT2D eigenvalue weighted by molar-refractivity contribution is 0.139. The second-order valence-electron chi connectivity index (χ2n) is 4.73. The Labute approximate surface area is 102 Å². The van der Waals surface area contributed by atoms with Crippen LogP contribution in [0.15, 0.2) is 12.1 Å². The Morgan fingerprint density at radius 1 is 1.31 bits per heavy atom. The first-order chi connectivity index (χ1) is 7.72. The maximum Gasteiger partial charge on any atom is 0.0483 e. The van der Waals surface area contributed by atoms with Gasteiger partial charge in [-0.3, -0.25) is 0 Å². The van der Waals surface area contributed by atoms with E-state index in [1.165, 1.54) is 9.75 Å². The summed E-state index contributed by atoms with van der Waals surface area (Å²) in [5.41, 5.74) is 6.43. The highest BCUT2D eigenvalue weighted by Gasteiger charge is 2.27. The summed E-state index contributed by atoms with van der Waals surface area (Å²) < 4.78 is 5.48. The van der Waals surface area contributed by atoms with E-state index >= 15 is 0 Å². The van der Waals surface area contributed by atoms with E-state index in [4.69, 9.17) is 10.5 Å². The van der Waals surface area contributed by atoms with E-state index in [0.717, 1.165) is 45.3 Å². The first-order valence-corrected chi connectivity index (χ1v) is 6.98. The van der Waals surface area contributed by atoms with Crippen LogP contribution in [0.25, 0.3) is 0 Å². The molecule has 0 aliphatic carbocycles. The van der Waals surface area contributed by atoms with E-state index in [0.29, 0.717) is 0 Å². The molecular formula is C13H21NOS. The van der Waals surface area contributed by atoms with Crippen LogP contribution in [0.3, 0.4) is 0 Å². The molecule has 0 aromatic carbocycles. The molecule has 0 saturated carbocycles. The Morgan fingerprint density at radius 2 is 2.12 bits per heavy atom. The van der Waals surface area contributed by atoms with Gasteiger partial charge < -0.3 is 10.5 Å². The molecule has 3 heteroatoms. The number of ether oxygens (including phenoxy) is 1. The molecular weight excluding hydrogens is 218 g/mol. The molecule has 1 atom stereocenters. The number of hydrogen-bond donors (Lipinski definition) is 1. The third-order valence-corrected chi connectivity index (χ3v) is 4.53. The van der Waals surface area contributed by atoms with Crippen molar-refractivity contribution >= 4 is 11.3 Å². The summed E-state index contributed by atoms with van der Waals surface area (Å²) in [6, 6.07) is 4.47. The van der Waals surface area contributed by atoms with Crippen LogP contribution in [0, 0.1) is 0 Å². The standard InChI is InChI=1S/C13H21NOS/c1-2-11-4-5-12(16-11)10-13(14)6-3-8-15-9-7-13/h4-5H,2-3,6-10,14H2,1H3. The Bertz CT molecular complexity index is 326. The van der Waals surface area contributed by atoms with Crippen molar-refractivity contribution in [1.82, 2.24) is 0 Å².